The van der Waals surface area contributed by atoms with Crippen molar-refractivity contribution in [3.63, 3.8) is 0 Å². The molecule has 4 heteroatoms. The molecule has 208 valence electrons. The van der Waals surface area contributed by atoms with E-state index in [9.17, 15) is 0 Å². The molecule has 45 heavy (non-hydrogen) atoms. The van der Waals surface area contributed by atoms with Gasteiger partial charge in [-0.1, -0.05) is 133 Å². The highest BCUT2D eigenvalue weighted by molar-refractivity contribution is 6.39. The largest absolute Gasteiger partial charge is 0.278 e. The van der Waals surface area contributed by atoms with Gasteiger partial charge in [0.1, 0.15) is 0 Å². The summed E-state index contributed by atoms with van der Waals surface area (Å²) < 4.78 is 2.25. The van der Waals surface area contributed by atoms with Crippen LogP contribution in [0.2, 0.25) is 0 Å². The van der Waals surface area contributed by atoms with E-state index >= 15 is 0 Å². The molecule has 0 spiro atoms. The number of aromatic nitrogens is 4. The van der Waals surface area contributed by atoms with Gasteiger partial charge in [-0.25, -0.2) is 4.98 Å². The lowest BCUT2D eigenvalue weighted by molar-refractivity contribution is 0.955. The van der Waals surface area contributed by atoms with Crippen LogP contribution < -0.4 is 0 Å². The van der Waals surface area contributed by atoms with E-state index in [4.69, 9.17) is 15.0 Å². The molecule has 2 aromatic heterocycles. The van der Waals surface area contributed by atoms with Gasteiger partial charge in [0.25, 0.3) is 0 Å². The standard InChI is InChI=1S/C41H24N4/c1-2-13-26(14-3-1)39-42-40(33-22-10-16-25-12-4-6-17-28(25)33)44-41(43-39)45-34-23-11-21-32-30-19-8-9-20-31(30)36-29-18-7-5-15-27(29)24-35(45)38(36)37(32)34/h1-24H. The van der Waals surface area contributed by atoms with Gasteiger partial charge in [-0.2, -0.15) is 9.97 Å². The molecule has 8 aromatic carbocycles. The highest BCUT2D eigenvalue weighted by Gasteiger charge is 2.23. The molecule has 0 aliphatic rings. The summed E-state index contributed by atoms with van der Waals surface area (Å²) in [6, 6.07) is 51.3. The van der Waals surface area contributed by atoms with Crippen LogP contribution in [0.25, 0.3) is 93.6 Å². The minimum absolute atomic E-state index is 0.608. The second-order valence-electron chi connectivity index (χ2n) is 11.6. The van der Waals surface area contributed by atoms with Gasteiger partial charge in [-0.15, -0.1) is 0 Å². The number of hydrogen-bond donors (Lipinski definition) is 0. The Labute approximate surface area is 258 Å². The quantitative estimate of drug-likeness (QED) is 0.198. The van der Waals surface area contributed by atoms with Gasteiger partial charge in [-0.3, -0.25) is 4.57 Å². The van der Waals surface area contributed by atoms with Crippen LogP contribution >= 0.6 is 0 Å². The Morgan fingerprint density at radius 2 is 1.00 bits per heavy atom. The van der Waals surface area contributed by atoms with Crippen LogP contribution in [0.4, 0.5) is 0 Å². The van der Waals surface area contributed by atoms with E-state index in [0.717, 1.165) is 32.9 Å². The Balaban J connectivity index is 1.39. The molecule has 0 radical (unpaired) electrons. The molecule has 0 aliphatic carbocycles. The Bertz CT molecular complexity index is 2750. The van der Waals surface area contributed by atoms with Crippen molar-refractivity contribution in [1.82, 2.24) is 19.5 Å². The minimum Gasteiger partial charge on any atom is -0.278 e. The third-order valence-corrected chi connectivity index (χ3v) is 9.18. The van der Waals surface area contributed by atoms with E-state index < -0.39 is 0 Å². The molecule has 10 aromatic rings. The van der Waals surface area contributed by atoms with Crippen molar-refractivity contribution in [1.29, 1.82) is 0 Å². The number of benzene rings is 8. The van der Waals surface area contributed by atoms with Gasteiger partial charge in [0.2, 0.25) is 5.95 Å². The summed E-state index contributed by atoms with van der Waals surface area (Å²) >= 11 is 0. The van der Waals surface area contributed by atoms with Gasteiger partial charge < -0.3 is 0 Å². The molecule has 10 rings (SSSR count). The zero-order valence-electron chi connectivity index (χ0n) is 24.1. The average molecular weight is 573 g/mol. The Morgan fingerprint density at radius 1 is 0.378 bits per heavy atom. The van der Waals surface area contributed by atoms with Gasteiger partial charge in [0.05, 0.1) is 11.0 Å². The Hall–Kier alpha value is -6.13. The molecular formula is C41H24N4. The smallest absolute Gasteiger partial charge is 0.238 e. The van der Waals surface area contributed by atoms with Crippen LogP contribution in [0.1, 0.15) is 0 Å². The maximum atomic E-state index is 5.27. The lowest BCUT2D eigenvalue weighted by atomic mass is 9.91. The molecule has 2 heterocycles. The van der Waals surface area contributed by atoms with Crippen LogP contribution in [0.15, 0.2) is 146 Å². The fourth-order valence-corrected chi connectivity index (χ4v) is 7.26. The number of fused-ring (bicyclic) bond motifs is 6. The molecule has 0 saturated heterocycles. The fourth-order valence-electron chi connectivity index (χ4n) is 7.26. The number of rotatable bonds is 3. The van der Waals surface area contributed by atoms with Crippen LogP contribution in [0.5, 0.6) is 0 Å². The number of hydrogen-bond acceptors (Lipinski definition) is 3. The first-order valence-corrected chi connectivity index (χ1v) is 15.2. The predicted octanol–water partition coefficient (Wildman–Crippen LogP) is 10.4. The zero-order valence-corrected chi connectivity index (χ0v) is 24.1. The summed E-state index contributed by atoms with van der Waals surface area (Å²) in [5.41, 5.74) is 4.11. The lowest BCUT2D eigenvalue weighted by Crippen LogP contribution is -2.06. The third kappa shape index (κ3) is 3.45. The van der Waals surface area contributed by atoms with Crippen molar-refractivity contribution in [2.45, 2.75) is 0 Å². The predicted molar refractivity (Wildman–Crippen MR) is 186 cm³/mol. The highest BCUT2D eigenvalue weighted by atomic mass is 15.2. The average Bonchev–Trinajstić information content (AvgIpc) is 3.44. The van der Waals surface area contributed by atoms with Crippen LogP contribution in [-0.2, 0) is 0 Å². The summed E-state index contributed by atoms with van der Waals surface area (Å²) in [6.45, 7) is 0. The van der Waals surface area contributed by atoms with Gasteiger partial charge in [0.15, 0.2) is 11.6 Å². The van der Waals surface area contributed by atoms with Gasteiger partial charge in [0, 0.05) is 27.3 Å². The Kier molecular flexibility index (Phi) is 4.96. The second-order valence-corrected chi connectivity index (χ2v) is 11.6. The summed E-state index contributed by atoms with van der Waals surface area (Å²) in [5.74, 6) is 1.91. The van der Waals surface area contributed by atoms with Crippen molar-refractivity contribution in [2.24, 2.45) is 0 Å². The van der Waals surface area contributed by atoms with Crippen molar-refractivity contribution < 1.29 is 0 Å². The van der Waals surface area contributed by atoms with Crippen molar-refractivity contribution in [2.75, 3.05) is 0 Å². The second kappa shape index (κ2) is 9.18. The minimum atomic E-state index is 0.608. The Morgan fingerprint density at radius 3 is 1.87 bits per heavy atom. The molecule has 4 nitrogen and oxygen atoms in total. The maximum Gasteiger partial charge on any atom is 0.238 e. The first kappa shape index (κ1) is 24.3. The maximum absolute atomic E-state index is 5.27. The highest BCUT2D eigenvalue weighted by Crippen LogP contribution is 2.46. The van der Waals surface area contributed by atoms with Crippen LogP contribution in [0.3, 0.4) is 0 Å². The van der Waals surface area contributed by atoms with E-state index in [1.165, 1.54) is 43.1 Å². The molecule has 0 saturated carbocycles. The zero-order chi connectivity index (χ0) is 29.5. The van der Waals surface area contributed by atoms with Crippen LogP contribution in [0, 0.1) is 0 Å². The summed E-state index contributed by atoms with van der Waals surface area (Å²) in [4.78, 5) is 15.6. The fraction of sp³-hybridized carbons (Fsp3) is 0. The first-order chi connectivity index (χ1) is 22.3. The van der Waals surface area contributed by atoms with Gasteiger partial charge >= 0.3 is 0 Å². The van der Waals surface area contributed by atoms with Crippen molar-refractivity contribution >= 4 is 64.9 Å². The van der Waals surface area contributed by atoms with E-state index in [2.05, 4.69) is 132 Å². The molecule has 0 fully saturated rings. The topological polar surface area (TPSA) is 43.6 Å². The summed E-state index contributed by atoms with van der Waals surface area (Å²) in [5, 5.41) is 12.2. The summed E-state index contributed by atoms with van der Waals surface area (Å²) in [7, 11) is 0. The van der Waals surface area contributed by atoms with Gasteiger partial charge in [-0.05, 0) is 49.8 Å². The molecule has 0 unspecified atom stereocenters. The molecular weight excluding hydrogens is 548 g/mol. The van der Waals surface area contributed by atoms with Crippen LogP contribution in [-0.4, -0.2) is 19.5 Å². The van der Waals surface area contributed by atoms with Crippen molar-refractivity contribution in [3.8, 4) is 28.7 Å². The lowest BCUT2D eigenvalue weighted by Gasteiger charge is -2.12. The SMILES string of the molecule is c1ccc(-c2nc(-c3cccc4ccccc34)nc(-n3c4cccc5c6ccccc6c6c7ccccc7cc3c6c54)n2)cc1. The van der Waals surface area contributed by atoms with E-state index in [0.29, 0.717) is 17.6 Å². The summed E-state index contributed by atoms with van der Waals surface area (Å²) in [6.07, 6.45) is 0. The van der Waals surface area contributed by atoms with E-state index in [1.54, 1.807) is 0 Å². The van der Waals surface area contributed by atoms with Crippen molar-refractivity contribution in [3.05, 3.63) is 146 Å². The normalized spacial score (nSPS) is 12.0. The van der Waals surface area contributed by atoms with E-state index in [-0.39, 0.29) is 0 Å². The third-order valence-electron chi connectivity index (χ3n) is 9.18. The molecule has 0 aliphatic heterocycles. The monoisotopic (exact) mass is 572 g/mol. The molecule has 0 N–H and O–H groups in total. The van der Waals surface area contributed by atoms with E-state index in [1.807, 2.05) is 18.2 Å². The molecule has 0 amide bonds. The number of nitrogens with zero attached hydrogens (tertiary/aromatic N) is 4. The molecule has 0 atom stereocenters. The first-order valence-electron chi connectivity index (χ1n) is 15.2. The molecule has 0 bridgehead atoms.